The van der Waals surface area contributed by atoms with Crippen molar-refractivity contribution >= 4 is 49.1 Å². The minimum Gasteiger partial charge on any atom is -0.456 e. The maximum absolute atomic E-state index is 13.0. The molecule has 0 fully saturated rings. The van der Waals surface area contributed by atoms with Gasteiger partial charge in [-0.2, -0.15) is 0 Å². The molecular weight excluding hydrogens is 478 g/mol. The Morgan fingerprint density at radius 3 is 2.71 bits per heavy atom. The highest BCUT2D eigenvalue weighted by Gasteiger charge is 2.16. The van der Waals surface area contributed by atoms with E-state index >= 15 is 0 Å². The van der Waals surface area contributed by atoms with Crippen molar-refractivity contribution in [1.29, 1.82) is 0 Å². The SMILES string of the molecule is O=C(OCc1cc(=O)n2ccsc2n1)c1cc(-c2ccc(Br)cc2)nc2ccccc12. The maximum Gasteiger partial charge on any atom is 0.339 e. The number of ether oxygens (including phenoxy) is 1. The Hall–Kier alpha value is -3.36. The number of benzene rings is 2. The molecule has 8 heteroatoms. The molecule has 0 aliphatic heterocycles. The Balaban J connectivity index is 1.49. The third-order valence-electron chi connectivity index (χ3n) is 4.78. The summed E-state index contributed by atoms with van der Waals surface area (Å²) in [5.74, 6) is -0.495. The molecule has 0 saturated heterocycles. The summed E-state index contributed by atoms with van der Waals surface area (Å²) in [5, 5.41) is 2.49. The molecule has 3 aromatic heterocycles. The van der Waals surface area contributed by atoms with Crippen LogP contribution in [0.15, 0.2) is 81.5 Å². The molecule has 0 atom stereocenters. The molecule has 3 heterocycles. The molecule has 6 nitrogen and oxygen atoms in total. The number of halogens is 1. The van der Waals surface area contributed by atoms with Gasteiger partial charge in [-0.25, -0.2) is 14.8 Å². The largest absolute Gasteiger partial charge is 0.456 e. The predicted octanol–water partition coefficient (Wildman–Crippen LogP) is 5.09. The smallest absolute Gasteiger partial charge is 0.339 e. The number of carbonyl (C=O) groups excluding carboxylic acids is 1. The van der Waals surface area contributed by atoms with Crippen molar-refractivity contribution in [3.8, 4) is 11.3 Å². The van der Waals surface area contributed by atoms with E-state index < -0.39 is 5.97 Å². The Morgan fingerprint density at radius 2 is 1.87 bits per heavy atom. The topological polar surface area (TPSA) is 73.6 Å². The van der Waals surface area contributed by atoms with Crippen LogP contribution in [0.3, 0.4) is 0 Å². The van der Waals surface area contributed by atoms with Gasteiger partial charge >= 0.3 is 5.97 Å². The van der Waals surface area contributed by atoms with Crippen LogP contribution in [-0.4, -0.2) is 20.3 Å². The highest BCUT2D eigenvalue weighted by atomic mass is 79.9. The third kappa shape index (κ3) is 3.87. The van der Waals surface area contributed by atoms with Gasteiger partial charge in [-0.1, -0.05) is 46.3 Å². The summed E-state index contributed by atoms with van der Waals surface area (Å²) in [6.45, 7) is -0.0905. The van der Waals surface area contributed by atoms with Gasteiger partial charge in [0.25, 0.3) is 5.56 Å². The molecule has 0 spiro atoms. The molecule has 0 radical (unpaired) electrons. The molecule has 5 aromatic rings. The number of carbonyl (C=O) groups is 1. The number of rotatable bonds is 4. The van der Waals surface area contributed by atoms with Crippen LogP contribution < -0.4 is 5.56 Å². The average Bonchev–Trinajstić information content (AvgIpc) is 3.26. The van der Waals surface area contributed by atoms with E-state index in [-0.39, 0.29) is 12.2 Å². The van der Waals surface area contributed by atoms with E-state index in [4.69, 9.17) is 9.72 Å². The fourth-order valence-corrected chi connectivity index (χ4v) is 4.29. The Bertz CT molecular complexity index is 1490. The van der Waals surface area contributed by atoms with Crippen molar-refractivity contribution in [1.82, 2.24) is 14.4 Å². The van der Waals surface area contributed by atoms with Crippen LogP contribution in [0.2, 0.25) is 0 Å². The number of thiazole rings is 1. The van der Waals surface area contributed by atoms with Crippen LogP contribution in [0.5, 0.6) is 0 Å². The molecule has 5 rings (SSSR count). The fraction of sp³-hybridized carbons (Fsp3) is 0.0435. The molecule has 0 bridgehead atoms. The number of hydrogen-bond acceptors (Lipinski definition) is 6. The van der Waals surface area contributed by atoms with E-state index in [0.717, 1.165) is 10.0 Å². The van der Waals surface area contributed by atoms with Crippen LogP contribution >= 0.6 is 27.3 Å². The molecule has 0 N–H and O–H groups in total. The van der Waals surface area contributed by atoms with E-state index in [1.807, 2.05) is 48.5 Å². The molecule has 0 aliphatic carbocycles. The lowest BCUT2D eigenvalue weighted by atomic mass is 10.0. The number of hydrogen-bond donors (Lipinski definition) is 0. The van der Waals surface area contributed by atoms with Gasteiger partial charge in [-0.05, 0) is 24.3 Å². The van der Waals surface area contributed by atoms with Crippen LogP contribution in [0, 0.1) is 0 Å². The van der Waals surface area contributed by atoms with Crippen molar-refractivity contribution in [2.75, 3.05) is 0 Å². The number of aromatic nitrogens is 3. The number of para-hydroxylation sites is 1. The first kappa shape index (κ1) is 19.6. The standard InChI is InChI=1S/C23H14BrN3O3S/c24-15-7-5-14(6-8-15)20-12-18(17-3-1-2-4-19(17)26-20)22(29)30-13-16-11-21(28)27-9-10-31-23(27)25-16/h1-12H,13H2. The van der Waals surface area contributed by atoms with Gasteiger partial charge in [0.15, 0.2) is 4.96 Å². The minimum absolute atomic E-state index is 0.0905. The number of esters is 1. The van der Waals surface area contributed by atoms with E-state index in [1.54, 1.807) is 17.6 Å². The van der Waals surface area contributed by atoms with Crippen LogP contribution in [-0.2, 0) is 11.3 Å². The van der Waals surface area contributed by atoms with Crippen LogP contribution in [0.25, 0.3) is 27.1 Å². The van der Waals surface area contributed by atoms with Gasteiger partial charge in [0, 0.05) is 33.1 Å². The summed E-state index contributed by atoms with van der Waals surface area (Å²) < 4.78 is 7.95. The lowest BCUT2D eigenvalue weighted by Gasteiger charge is -2.10. The highest BCUT2D eigenvalue weighted by molar-refractivity contribution is 9.10. The first-order valence-corrected chi connectivity index (χ1v) is 11.0. The normalized spacial score (nSPS) is 11.1. The van der Waals surface area contributed by atoms with Crippen molar-refractivity contribution in [3.05, 3.63) is 98.3 Å². The van der Waals surface area contributed by atoms with E-state index in [1.165, 1.54) is 21.8 Å². The summed E-state index contributed by atoms with van der Waals surface area (Å²) in [4.78, 5) is 34.8. The first-order valence-electron chi connectivity index (χ1n) is 9.37. The van der Waals surface area contributed by atoms with E-state index in [9.17, 15) is 9.59 Å². The Morgan fingerprint density at radius 1 is 1.06 bits per heavy atom. The maximum atomic E-state index is 13.0. The zero-order valence-electron chi connectivity index (χ0n) is 16.0. The summed E-state index contributed by atoms with van der Waals surface area (Å²) in [5.41, 5.74) is 2.88. The second-order valence-electron chi connectivity index (χ2n) is 6.80. The first-order chi connectivity index (χ1) is 15.1. The minimum atomic E-state index is -0.495. The zero-order valence-corrected chi connectivity index (χ0v) is 18.4. The lowest BCUT2D eigenvalue weighted by molar-refractivity contribution is 0.0470. The number of fused-ring (bicyclic) bond motifs is 2. The van der Waals surface area contributed by atoms with Gasteiger partial charge < -0.3 is 4.74 Å². The zero-order chi connectivity index (χ0) is 21.4. The summed E-state index contributed by atoms with van der Waals surface area (Å²) >= 11 is 4.78. The van der Waals surface area contributed by atoms with Gasteiger partial charge in [-0.15, -0.1) is 11.3 Å². The molecule has 152 valence electrons. The molecule has 31 heavy (non-hydrogen) atoms. The van der Waals surface area contributed by atoms with E-state index in [2.05, 4.69) is 20.9 Å². The molecular formula is C23H14BrN3O3S. The highest BCUT2D eigenvalue weighted by Crippen LogP contribution is 2.26. The number of pyridine rings is 1. The van der Waals surface area contributed by atoms with Crippen molar-refractivity contribution in [3.63, 3.8) is 0 Å². The van der Waals surface area contributed by atoms with E-state index in [0.29, 0.717) is 32.8 Å². The third-order valence-corrected chi connectivity index (χ3v) is 6.07. The van der Waals surface area contributed by atoms with Gasteiger partial charge in [0.1, 0.15) is 6.61 Å². The molecule has 0 unspecified atom stereocenters. The molecule has 0 aliphatic rings. The predicted molar refractivity (Wildman–Crippen MR) is 123 cm³/mol. The second kappa shape index (κ2) is 8.05. The van der Waals surface area contributed by atoms with Gasteiger partial charge in [0.05, 0.1) is 22.5 Å². The van der Waals surface area contributed by atoms with Crippen molar-refractivity contribution in [2.45, 2.75) is 6.61 Å². The Labute approximate surface area is 188 Å². The van der Waals surface area contributed by atoms with Crippen molar-refractivity contribution < 1.29 is 9.53 Å². The number of nitrogens with zero attached hydrogens (tertiary/aromatic N) is 3. The molecule has 0 saturated carbocycles. The van der Waals surface area contributed by atoms with Crippen LogP contribution in [0.4, 0.5) is 0 Å². The quantitative estimate of drug-likeness (QED) is 0.327. The lowest BCUT2D eigenvalue weighted by Crippen LogP contribution is -2.15. The van der Waals surface area contributed by atoms with Gasteiger partial charge in [0.2, 0.25) is 0 Å². The van der Waals surface area contributed by atoms with Gasteiger partial charge in [-0.3, -0.25) is 9.20 Å². The Kier molecular flexibility index (Phi) is 5.09. The second-order valence-corrected chi connectivity index (χ2v) is 8.59. The molecule has 2 aromatic carbocycles. The fourth-order valence-electron chi connectivity index (χ4n) is 3.29. The molecule has 0 amide bonds. The average molecular weight is 492 g/mol. The summed E-state index contributed by atoms with van der Waals surface area (Å²) in [6.07, 6.45) is 1.66. The van der Waals surface area contributed by atoms with Crippen molar-refractivity contribution in [2.24, 2.45) is 0 Å². The summed E-state index contributed by atoms with van der Waals surface area (Å²) in [7, 11) is 0. The monoisotopic (exact) mass is 491 g/mol. The van der Waals surface area contributed by atoms with Crippen LogP contribution in [0.1, 0.15) is 16.1 Å². The summed E-state index contributed by atoms with van der Waals surface area (Å²) in [6, 6.07) is 18.3.